The van der Waals surface area contributed by atoms with Crippen LogP contribution in [-0.2, 0) is 4.57 Å². The van der Waals surface area contributed by atoms with Gasteiger partial charge in [0.2, 0.25) is 0 Å². The fourth-order valence-corrected chi connectivity index (χ4v) is 4.98. The Morgan fingerprint density at radius 2 is 1.26 bits per heavy atom. The van der Waals surface area contributed by atoms with Gasteiger partial charge < -0.3 is 4.57 Å². The number of aromatic nitrogens is 1. The molecule has 0 saturated heterocycles. The molecule has 0 spiro atoms. The van der Waals surface area contributed by atoms with E-state index >= 15 is 0 Å². The molecule has 0 aliphatic carbocycles. The molecule has 0 radical (unpaired) electrons. The highest BCUT2D eigenvalue weighted by Crippen LogP contribution is 2.41. The van der Waals surface area contributed by atoms with E-state index in [-0.39, 0.29) is 0 Å². The molecule has 3 aromatic rings. The minimum absolute atomic E-state index is 0.399. The molecule has 23 heavy (non-hydrogen) atoms. The molecule has 1 aromatic heterocycles. The van der Waals surface area contributed by atoms with Gasteiger partial charge in [-0.2, -0.15) is 0 Å². The second kappa shape index (κ2) is 6.05. The minimum Gasteiger partial charge on any atom is -0.307 e. The monoisotopic (exact) mass is 329 g/mol. The van der Waals surface area contributed by atoms with Crippen LogP contribution in [0, 0.1) is 18.6 Å². The Hall–Kier alpha value is -2.32. The first kappa shape index (κ1) is 15.6. The van der Waals surface area contributed by atoms with Gasteiger partial charge in [-0.3, -0.25) is 0 Å². The molecule has 2 nitrogen and oxygen atoms in total. The molecule has 116 valence electrons. The molecular weight excluding hydrogens is 315 g/mol. The van der Waals surface area contributed by atoms with Crippen molar-refractivity contribution < 1.29 is 13.3 Å². The van der Waals surface area contributed by atoms with Crippen LogP contribution in [0.4, 0.5) is 8.78 Å². The fourth-order valence-electron chi connectivity index (χ4n) is 2.42. The normalized spacial score (nSPS) is 11.4. The number of hydrogen-bond acceptors (Lipinski definition) is 2. The maximum absolute atomic E-state index is 13.9. The molecule has 5 heteroatoms. The van der Waals surface area contributed by atoms with Crippen LogP contribution in [0.1, 0.15) is 5.69 Å². The second-order valence-electron chi connectivity index (χ2n) is 5.20. The molecule has 2 aromatic carbocycles. The van der Waals surface area contributed by atoms with Crippen LogP contribution in [0.3, 0.4) is 0 Å². The van der Waals surface area contributed by atoms with Crippen molar-refractivity contribution in [2.75, 3.05) is 0 Å². The summed E-state index contributed by atoms with van der Waals surface area (Å²) in [5, 5.41) is 0.923. The number of aryl methyl sites for hydroxylation is 1. The van der Waals surface area contributed by atoms with Crippen LogP contribution in [0.5, 0.6) is 0 Å². The van der Waals surface area contributed by atoms with E-state index in [0.29, 0.717) is 16.0 Å². The predicted molar refractivity (Wildman–Crippen MR) is 88.3 cm³/mol. The minimum atomic E-state index is -3.29. The molecule has 0 saturated carbocycles. The lowest BCUT2D eigenvalue weighted by Crippen LogP contribution is -2.27. The number of pyridine rings is 1. The summed E-state index contributed by atoms with van der Waals surface area (Å²) in [5.74, 6) is -0.812. The van der Waals surface area contributed by atoms with Crippen LogP contribution < -0.4 is 16.0 Å². The van der Waals surface area contributed by atoms with Gasteiger partial charge in [-0.25, -0.2) is 13.8 Å². The number of rotatable bonds is 3. The molecule has 0 aliphatic heterocycles. The van der Waals surface area contributed by atoms with Crippen molar-refractivity contribution in [2.45, 2.75) is 6.92 Å². The summed E-state index contributed by atoms with van der Waals surface area (Å²) in [7, 11) is -3.29. The summed E-state index contributed by atoms with van der Waals surface area (Å²) in [6.45, 7) is 1.81. The molecule has 0 aliphatic rings. The smallest absolute Gasteiger partial charge is 0.188 e. The summed E-state index contributed by atoms with van der Waals surface area (Å²) in [6.07, 6.45) is 0. The van der Waals surface area contributed by atoms with Gasteiger partial charge in [-0.15, -0.1) is 0 Å². The van der Waals surface area contributed by atoms with Gasteiger partial charge in [0, 0.05) is 16.3 Å². The Labute approximate surface area is 133 Å². The third kappa shape index (κ3) is 2.95. The molecule has 0 atom stereocenters. The standard InChI is InChI=1S/C18H14F2NOP/c1-13-3-2-4-18(21-13)23(22,16-9-5-14(19)6-10-16)17-11-7-15(20)8-12-17/h2-12H,1H3. The number of nitrogens with zero attached hydrogens (tertiary/aromatic N) is 1. The van der Waals surface area contributed by atoms with E-state index in [0.717, 1.165) is 5.69 Å². The maximum atomic E-state index is 13.9. The average Bonchev–Trinajstić information content (AvgIpc) is 2.55. The van der Waals surface area contributed by atoms with Gasteiger partial charge in [0.15, 0.2) is 7.14 Å². The Kier molecular flexibility index (Phi) is 4.10. The lowest BCUT2D eigenvalue weighted by Gasteiger charge is -2.19. The third-order valence-electron chi connectivity index (χ3n) is 3.58. The van der Waals surface area contributed by atoms with E-state index in [1.165, 1.54) is 48.5 Å². The van der Waals surface area contributed by atoms with Crippen molar-refractivity contribution in [1.29, 1.82) is 0 Å². The maximum Gasteiger partial charge on any atom is 0.188 e. The molecule has 0 fully saturated rings. The van der Waals surface area contributed by atoms with Gasteiger partial charge in [0.25, 0.3) is 0 Å². The number of halogens is 2. The van der Waals surface area contributed by atoms with Crippen LogP contribution in [0.25, 0.3) is 0 Å². The first-order valence-electron chi connectivity index (χ1n) is 7.07. The SMILES string of the molecule is Cc1cccc(P(=O)(c2ccc(F)cc2)c2ccc(F)cc2)n1. The first-order valence-corrected chi connectivity index (χ1v) is 8.77. The molecule has 0 amide bonds. The van der Waals surface area contributed by atoms with Gasteiger partial charge in [0.05, 0.1) is 0 Å². The summed E-state index contributed by atoms with van der Waals surface area (Å²) < 4.78 is 40.4. The summed E-state index contributed by atoms with van der Waals surface area (Å²) in [4.78, 5) is 4.39. The van der Waals surface area contributed by atoms with Gasteiger partial charge in [0.1, 0.15) is 17.1 Å². The lowest BCUT2D eigenvalue weighted by molar-refractivity contribution is 0.591. The molecular formula is C18H14F2NOP. The summed E-state index contributed by atoms with van der Waals surface area (Å²) in [6, 6.07) is 16.3. The number of benzene rings is 2. The highest BCUT2D eigenvalue weighted by molar-refractivity contribution is 7.85. The Morgan fingerprint density at radius 1 is 0.783 bits per heavy atom. The lowest BCUT2D eigenvalue weighted by atomic mass is 10.3. The van der Waals surface area contributed by atoms with E-state index < -0.39 is 18.8 Å². The molecule has 0 N–H and O–H groups in total. The highest BCUT2D eigenvalue weighted by atomic mass is 31.2. The number of hydrogen-bond donors (Lipinski definition) is 0. The third-order valence-corrected chi connectivity index (χ3v) is 6.52. The molecule has 1 heterocycles. The summed E-state index contributed by atoms with van der Waals surface area (Å²) in [5.41, 5.74) is 1.13. The van der Waals surface area contributed by atoms with Crippen LogP contribution in [-0.4, -0.2) is 4.98 Å². The van der Waals surface area contributed by atoms with Crippen LogP contribution in [0.2, 0.25) is 0 Å². The molecule has 0 bridgehead atoms. The van der Waals surface area contributed by atoms with Crippen molar-refractivity contribution in [3.63, 3.8) is 0 Å². The zero-order chi connectivity index (χ0) is 16.4. The van der Waals surface area contributed by atoms with Crippen LogP contribution in [0.15, 0.2) is 66.7 Å². The van der Waals surface area contributed by atoms with Crippen molar-refractivity contribution in [3.8, 4) is 0 Å². The quantitative estimate of drug-likeness (QED) is 0.690. The van der Waals surface area contributed by atoms with Gasteiger partial charge in [-0.1, -0.05) is 6.07 Å². The van der Waals surface area contributed by atoms with E-state index in [4.69, 9.17) is 0 Å². The average molecular weight is 329 g/mol. The largest absolute Gasteiger partial charge is 0.307 e. The zero-order valence-corrected chi connectivity index (χ0v) is 13.3. The van der Waals surface area contributed by atoms with E-state index in [1.54, 1.807) is 12.1 Å². The van der Waals surface area contributed by atoms with Gasteiger partial charge in [-0.05, 0) is 67.6 Å². The van der Waals surface area contributed by atoms with Crippen molar-refractivity contribution in [1.82, 2.24) is 4.98 Å². The van der Waals surface area contributed by atoms with E-state index in [2.05, 4.69) is 4.98 Å². The van der Waals surface area contributed by atoms with Crippen molar-refractivity contribution >= 4 is 23.2 Å². The molecule has 3 rings (SSSR count). The van der Waals surface area contributed by atoms with E-state index in [1.807, 2.05) is 13.0 Å². The topological polar surface area (TPSA) is 30.0 Å². The predicted octanol–water partition coefficient (Wildman–Crippen LogP) is 3.31. The Morgan fingerprint density at radius 3 is 1.70 bits per heavy atom. The Bertz CT molecular complexity index is 827. The summed E-state index contributed by atoms with van der Waals surface area (Å²) >= 11 is 0. The first-order chi connectivity index (χ1) is 11.0. The fraction of sp³-hybridized carbons (Fsp3) is 0.0556. The Balaban J connectivity index is 2.27. The van der Waals surface area contributed by atoms with Crippen molar-refractivity contribution in [2.24, 2.45) is 0 Å². The van der Waals surface area contributed by atoms with Gasteiger partial charge >= 0.3 is 0 Å². The molecule has 0 unspecified atom stereocenters. The highest BCUT2D eigenvalue weighted by Gasteiger charge is 2.31. The van der Waals surface area contributed by atoms with Crippen LogP contribution >= 0.6 is 7.14 Å². The zero-order valence-electron chi connectivity index (χ0n) is 12.4. The van der Waals surface area contributed by atoms with Crippen molar-refractivity contribution in [3.05, 3.63) is 84.1 Å². The second-order valence-corrected chi connectivity index (χ2v) is 7.91. The van der Waals surface area contributed by atoms with E-state index in [9.17, 15) is 13.3 Å².